The molecule has 0 saturated carbocycles. The molecule has 1 aliphatic heterocycles. The number of methoxy groups -OCH3 is 3. The van der Waals surface area contributed by atoms with E-state index in [2.05, 4.69) is 0 Å². The number of nitrogens with zero attached hydrogens (tertiary/aromatic N) is 1. The van der Waals surface area contributed by atoms with Gasteiger partial charge in [0, 0.05) is 18.7 Å². The van der Waals surface area contributed by atoms with Crippen molar-refractivity contribution in [2.24, 2.45) is 0 Å². The fourth-order valence-corrected chi connectivity index (χ4v) is 3.51. The van der Waals surface area contributed by atoms with Crippen molar-refractivity contribution in [3.63, 3.8) is 0 Å². The maximum atomic E-state index is 13.5. The Kier molecular flexibility index (Phi) is 6.38. The van der Waals surface area contributed by atoms with Gasteiger partial charge in [0.1, 0.15) is 11.9 Å². The summed E-state index contributed by atoms with van der Waals surface area (Å²) in [5.74, 6) is 1.08. The van der Waals surface area contributed by atoms with Crippen LogP contribution in [0.1, 0.15) is 22.0 Å². The predicted octanol–water partition coefficient (Wildman–Crippen LogP) is 2.29. The highest BCUT2D eigenvalue weighted by Crippen LogP contribution is 2.37. The van der Waals surface area contributed by atoms with Crippen molar-refractivity contribution in [2.45, 2.75) is 12.1 Å². The molecule has 2 atom stereocenters. The molecule has 1 saturated heterocycles. The molecule has 2 aromatic rings. The van der Waals surface area contributed by atoms with Crippen molar-refractivity contribution in [1.29, 1.82) is 0 Å². The summed E-state index contributed by atoms with van der Waals surface area (Å²) in [5.41, 5.74) is 1.26. The Hall–Kier alpha value is -2.77. The number of morpholine rings is 1. The first-order chi connectivity index (χ1) is 13.6. The van der Waals surface area contributed by atoms with Crippen LogP contribution in [-0.4, -0.2) is 63.1 Å². The molecular formula is C21H25NO6. The first-order valence-corrected chi connectivity index (χ1v) is 9.03. The van der Waals surface area contributed by atoms with Crippen molar-refractivity contribution in [3.05, 3.63) is 53.6 Å². The molecule has 2 aromatic carbocycles. The van der Waals surface area contributed by atoms with Gasteiger partial charge in [-0.15, -0.1) is 0 Å². The third-order valence-corrected chi connectivity index (χ3v) is 4.87. The number of aliphatic hydroxyl groups excluding tert-OH is 1. The van der Waals surface area contributed by atoms with E-state index in [-0.39, 0.29) is 12.5 Å². The molecule has 0 aliphatic carbocycles. The number of rotatable bonds is 6. The number of carbonyl (C=O) groups excluding carboxylic acids is 1. The second kappa shape index (κ2) is 8.95. The summed E-state index contributed by atoms with van der Waals surface area (Å²) in [6, 6.07) is 12.4. The molecule has 7 heteroatoms. The van der Waals surface area contributed by atoms with Gasteiger partial charge >= 0.3 is 0 Å². The number of aliphatic hydroxyl groups is 1. The number of ether oxygens (including phenoxy) is 4. The molecule has 0 radical (unpaired) electrons. The fourth-order valence-electron chi connectivity index (χ4n) is 3.51. The van der Waals surface area contributed by atoms with Crippen molar-refractivity contribution in [3.8, 4) is 17.2 Å². The molecule has 1 amide bonds. The molecule has 3 rings (SSSR count). The lowest BCUT2D eigenvalue weighted by Gasteiger charge is -2.41. The Morgan fingerprint density at radius 3 is 2.32 bits per heavy atom. The van der Waals surface area contributed by atoms with Gasteiger partial charge in [0.15, 0.2) is 11.5 Å². The molecule has 28 heavy (non-hydrogen) atoms. The minimum Gasteiger partial charge on any atom is -0.496 e. The van der Waals surface area contributed by atoms with Gasteiger partial charge in [0.25, 0.3) is 5.91 Å². The zero-order valence-corrected chi connectivity index (χ0v) is 16.3. The van der Waals surface area contributed by atoms with Crippen LogP contribution in [0.5, 0.6) is 17.2 Å². The van der Waals surface area contributed by atoms with Crippen LogP contribution in [0.3, 0.4) is 0 Å². The Labute approximate surface area is 164 Å². The van der Waals surface area contributed by atoms with Gasteiger partial charge < -0.3 is 29.0 Å². The van der Waals surface area contributed by atoms with Gasteiger partial charge in [0.05, 0.1) is 46.1 Å². The number of hydrogen-bond donors (Lipinski definition) is 1. The van der Waals surface area contributed by atoms with E-state index < -0.39 is 12.1 Å². The molecule has 1 fully saturated rings. The second-order valence-electron chi connectivity index (χ2n) is 6.35. The SMILES string of the molecule is COc1cc(OC)c(C(=O)N2CCO[C@H](CO)[C@H]2c2ccccc2)cc1OC. The quantitative estimate of drug-likeness (QED) is 0.820. The Morgan fingerprint density at radius 2 is 1.71 bits per heavy atom. The van der Waals surface area contributed by atoms with E-state index in [0.29, 0.717) is 36.0 Å². The van der Waals surface area contributed by atoms with Crippen LogP contribution in [0.4, 0.5) is 0 Å². The highest BCUT2D eigenvalue weighted by Gasteiger charge is 2.37. The maximum absolute atomic E-state index is 13.5. The van der Waals surface area contributed by atoms with E-state index in [0.717, 1.165) is 5.56 Å². The van der Waals surface area contributed by atoms with Crippen LogP contribution < -0.4 is 14.2 Å². The van der Waals surface area contributed by atoms with Gasteiger partial charge in [-0.25, -0.2) is 0 Å². The van der Waals surface area contributed by atoms with E-state index in [1.54, 1.807) is 17.0 Å². The highest BCUT2D eigenvalue weighted by molar-refractivity contribution is 5.98. The molecule has 0 bridgehead atoms. The molecule has 7 nitrogen and oxygen atoms in total. The Bertz CT molecular complexity index is 810. The highest BCUT2D eigenvalue weighted by atomic mass is 16.5. The topological polar surface area (TPSA) is 77.5 Å². The molecule has 0 spiro atoms. The molecule has 1 N–H and O–H groups in total. The zero-order chi connectivity index (χ0) is 20.1. The number of amides is 1. The van der Waals surface area contributed by atoms with E-state index in [4.69, 9.17) is 18.9 Å². The first-order valence-electron chi connectivity index (χ1n) is 9.03. The average molecular weight is 387 g/mol. The molecule has 0 aromatic heterocycles. The lowest BCUT2D eigenvalue weighted by Crippen LogP contribution is -2.49. The minimum absolute atomic E-state index is 0.188. The Morgan fingerprint density at radius 1 is 1.07 bits per heavy atom. The van der Waals surface area contributed by atoms with Crippen LogP contribution in [0.2, 0.25) is 0 Å². The summed E-state index contributed by atoms with van der Waals surface area (Å²) in [6.45, 7) is 0.550. The molecular weight excluding hydrogens is 362 g/mol. The normalized spacial score (nSPS) is 19.2. The molecule has 1 aliphatic rings. The van der Waals surface area contributed by atoms with E-state index in [9.17, 15) is 9.90 Å². The largest absolute Gasteiger partial charge is 0.496 e. The lowest BCUT2D eigenvalue weighted by atomic mass is 9.97. The number of carbonyl (C=O) groups is 1. The van der Waals surface area contributed by atoms with Crippen molar-refractivity contribution in [1.82, 2.24) is 4.90 Å². The summed E-state index contributed by atoms with van der Waals surface area (Å²) in [7, 11) is 4.54. The predicted molar refractivity (Wildman–Crippen MR) is 103 cm³/mol. The van der Waals surface area contributed by atoms with Crippen molar-refractivity contribution in [2.75, 3.05) is 41.1 Å². The summed E-state index contributed by atoms with van der Waals surface area (Å²) < 4.78 is 21.8. The first kappa shape index (κ1) is 20.0. The van der Waals surface area contributed by atoms with Crippen LogP contribution in [0.15, 0.2) is 42.5 Å². The van der Waals surface area contributed by atoms with Gasteiger partial charge in [0.2, 0.25) is 0 Å². The monoisotopic (exact) mass is 387 g/mol. The third kappa shape index (κ3) is 3.76. The molecule has 150 valence electrons. The zero-order valence-electron chi connectivity index (χ0n) is 16.3. The van der Waals surface area contributed by atoms with Gasteiger partial charge in [-0.1, -0.05) is 30.3 Å². The third-order valence-electron chi connectivity index (χ3n) is 4.87. The fraction of sp³-hybridized carbons (Fsp3) is 0.381. The summed E-state index contributed by atoms with van der Waals surface area (Å²) >= 11 is 0. The van der Waals surface area contributed by atoms with Crippen LogP contribution in [-0.2, 0) is 4.74 Å². The summed E-state index contributed by atoms with van der Waals surface area (Å²) in [6.07, 6.45) is -0.508. The molecule has 1 heterocycles. The van der Waals surface area contributed by atoms with Crippen LogP contribution >= 0.6 is 0 Å². The smallest absolute Gasteiger partial charge is 0.258 e. The van der Waals surface area contributed by atoms with E-state index in [1.807, 2.05) is 30.3 Å². The van der Waals surface area contributed by atoms with Gasteiger partial charge in [-0.3, -0.25) is 4.79 Å². The maximum Gasteiger partial charge on any atom is 0.258 e. The van der Waals surface area contributed by atoms with Crippen LogP contribution in [0, 0.1) is 0 Å². The van der Waals surface area contributed by atoms with E-state index in [1.165, 1.54) is 21.3 Å². The van der Waals surface area contributed by atoms with Crippen LogP contribution in [0.25, 0.3) is 0 Å². The van der Waals surface area contributed by atoms with Crippen molar-refractivity contribution >= 4 is 5.91 Å². The average Bonchev–Trinajstić information content (AvgIpc) is 2.77. The Balaban J connectivity index is 2.04. The summed E-state index contributed by atoms with van der Waals surface area (Å²) in [4.78, 5) is 15.2. The molecule has 0 unspecified atom stereocenters. The standard InChI is InChI=1S/C21H25NO6/c1-25-16-12-18(27-3)17(26-2)11-15(16)21(24)22-9-10-28-19(13-23)20(22)14-7-5-4-6-8-14/h4-8,11-12,19-20,23H,9-10,13H2,1-3H3/t19-,20-/m1/s1. The van der Waals surface area contributed by atoms with E-state index >= 15 is 0 Å². The van der Waals surface area contributed by atoms with Gasteiger partial charge in [-0.2, -0.15) is 0 Å². The van der Waals surface area contributed by atoms with Gasteiger partial charge in [-0.05, 0) is 5.56 Å². The number of hydrogen-bond acceptors (Lipinski definition) is 6. The number of benzene rings is 2. The van der Waals surface area contributed by atoms with Crippen molar-refractivity contribution < 1.29 is 28.8 Å². The second-order valence-corrected chi connectivity index (χ2v) is 6.35. The lowest BCUT2D eigenvalue weighted by molar-refractivity contribution is -0.0811. The summed E-state index contributed by atoms with van der Waals surface area (Å²) in [5, 5.41) is 9.82. The minimum atomic E-state index is -0.508.